The van der Waals surface area contributed by atoms with Crippen molar-refractivity contribution in [3.63, 3.8) is 0 Å². The first kappa shape index (κ1) is 17.0. The van der Waals surface area contributed by atoms with Crippen LogP contribution in [-0.2, 0) is 16.0 Å². The van der Waals surface area contributed by atoms with Crippen LogP contribution in [0.2, 0.25) is 0 Å². The Kier molecular flexibility index (Phi) is 5.13. The topological polar surface area (TPSA) is 54.5 Å². The molecular formula is C20H21N3O2S. The molecule has 0 unspecified atom stereocenters. The van der Waals surface area contributed by atoms with E-state index in [1.54, 1.807) is 11.3 Å². The summed E-state index contributed by atoms with van der Waals surface area (Å²) < 4.78 is 6.56. The van der Waals surface area contributed by atoms with Gasteiger partial charge in [-0.1, -0.05) is 18.2 Å². The molecule has 6 heteroatoms. The van der Waals surface area contributed by atoms with Gasteiger partial charge in [0.15, 0.2) is 0 Å². The van der Waals surface area contributed by atoms with E-state index in [1.807, 2.05) is 36.4 Å². The van der Waals surface area contributed by atoms with Gasteiger partial charge in [0, 0.05) is 37.3 Å². The molecule has 0 spiro atoms. The summed E-state index contributed by atoms with van der Waals surface area (Å²) in [5.74, 6) is 0.0170. The van der Waals surface area contributed by atoms with Crippen molar-refractivity contribution in [2.24, 2.45) is 0 Å². The lowest BCUT2D eigenvalue weighted by Crippen LogP contribution is -2.36. The summed E-state index contributed by atoms with van der Waals surface area (Å²) in [4.78, 5) is 19.2. The summed E-state index contributed by atoms with van der Waals surface area (Å²) in [5.41, 5.74) is 2.96. The maximum Gasteiger partial charge on any atom is 0.224 e. The molecule has 134 valence electrons. The lowest BCUT2D eigenvalue weighted by atomic mass is 10.2. The van der Waals surface area contributed by atoms with Gasteiger partial charge < -0.3 is 15.0 Å². The number of carbonyl (C=O) groups excluding carboxylic acids is 1. The minimum Gasteiger partial charge on any atom is -0.378 e. The number of ether oxygens (including phenoxy) is 1. The highest BCUT2D eigenvalue weighted by molar-refractivity contribution is 7.18. The Labute approximate surface area is 156 Å². The smallest absolute Gasteiger partial charge is 0.224 e. The monoisotopic (exact) mass is 367 g/mol. The molecule has 26 heavy (non-hydrogen) atoms. The lowest BCUT2D eigenvalue weighted by Gasteiger charge is -2.29. The quantitative estimate of drug-likeness (QED) is 0.747. The van der Waals surface area contributed by atoms with Crippen molar-refractivity contribution < 1.29 is 9.53 Å². The standard InChI is InChI=1S/C20H21N3O2S/c24-19(8-9-20-22-17-6-1-2-7-18(17)26-20)21-15-4-3-5-16(14-15)23-10-12-25-13-11-23/h1-7,14H,8-13H2,(H,21,24). The van der Waals surface area contributed by atoms with Crippen LogP contribution < -0.4 is 10.2 Å². The molecule has 4 rings (SSSR count). The minimum absolute atomic E-state index is 0.0170. The number of rotatable bonds is 5. The average Bonchev–Trinajstić information content (AvgIpc) is 3.10. The zero-order valence-electron chi connectivity index (χ0n) is 14.5. The Balaban J connectivity index is 1.35. The van der Waals surface area contributed by atoms with Crippen LogP contribution in [0.3, 0.4) is 0 Å². The Morgan fingerprint density at radius 1 is 1.15 bits per heavy atom. The maximum atomic E-state index is 12.3. The number of anilines is 2. The van der Waals surface area contributed by atoms with Crippen molar-refractivity contribution in [2.45, 2.75) is 12.8 Å². The van der Waals surface area contributed by atoms with Gasteiger partial charge in [-0.05, 0) is 30.3 Å². The summed E-state index contributed by atoms with van der Waals surface area (Å²) in [6.45, 7) is 3.27. The number of thiazole rings is 1. The molecule has 3 aromatic rings. The van der Waals surface area contributed by atoms with Gasteiger partial charge in [-0.2, -0.15) is 0 Å². The van der Waals surface area contributed by atoms with E-state index in [4.69, 9.17) is 4.74 Å². The molecule has 1 saturated heterocycles. The summed E-state index contributed by atoms with van der Waals surface area (Å²) in [7, 11) is 0. The van der Waals surface area contributed by atoms with E-state index in [2.05, 4.69) is 27.3 Å². The van der Waals surface area contributed by atoms with Gasteiger partial charge in [0.25, 0.3) is 0 Å². The largest absolute Gasteiger partial charge is 0.378 e. The van der Waals surface area contributed by atoms with E-state index in [-0.39, 0.29) is 5.91 Å². The number of para-hydroxylation sites is 1. The second kappa shape index (κ2) is 7.85. The van der Waals surface area contributed by atoms with E-state index in [1.165, 1.54) is 4.70 Å². The normalized spacial score (nSPS) is 14.5. The molecule has 2 aromatic carbocycles. The third-order valence-electron chi connectivity index (χ3n) is 4.41. The van der Waals surface area contributed by atoms with E-state index in [0.717, 1.165) is 48.2 Å². The minimum atomic E-state index is 0.0170. The number of nitrogens with one attached hydrogen (secondary N) is 1. The number of hydrogen-bond donors (Lipinski definition) is 1. The first-order chi connectivity index (χ1) is 12.8. The fourth-order valence-corrected chi connectivity index (χ4v) is 4.04. The van der Waals surface area contributed by atoms with E-state index >= 15 is 0 Å². The number of benzene rings is 2. The number of hydrogen-bond acceptors (Lipinski definition) is 5. The number of nitrogens with zero attached hydrogens (tertiary/aromatic N) is 2. The van der Waals surface area contributed by atoms with Crippen LogP contribution in [0, 0.1) is 0 Å². The lowest BCUT2D eigenvalue weighted by molar-refractivity contribution is -0.116. The molecule has 0 saturated carbocycles. The van der Waals surface area contributed by atoms with Crippen molar-refractivity contribution in [2.75, 3.05) is 36.5 Å². The van der Waals surface area contributed by atoms with Crippen LogP contribution in [0.25, 0.3) is 10.2 Å². The summed E-state index contributed by atoms with van der Waals surface area (Å²) in [5, 5.41) is 4.01. The van der Waals surface area contributed by atoms with Gasteiger partial charge in [0.1, 0.15) is 0 Å². The molecule has 0 bridgehead atoms. The Morgan fingerprint density at radius 3 is 2.85 bits per heavy atom. The van der Waals surface area contributed by atoms with Gasteiger partial charge >= 0.3 is 0 Å². The van der Waals surface area contributed by atoms with Crippen molar-refractivity contribution in [3.05, 3.63) is 53.5 Å². The van der Waals surface area contributed by atoms with Crippen LogP contribution in [0.5, 0.6) is 0 Å². The molecule has 1 N–H and O–H groups in total. The fourth-order valence-electron chi connectivity index (χ4n) is 3.07. The molecule has 1 aliphatic heterocycles. The van der Waals surface area contributed by atoms with Crippen LogP contribution in [0.15, 0.2) is 48.5 Å². The molecule has 0 aliphatic carbocycles. The van der Waals surface area contributed by atoms with Crippen molar-refractivity contribution in [1.29, 1.82) is 0 Å². The highest BCUT2D eigenvalue weighted by atomic mass is 32.1. The van der Waals surface area contributed by atoms with Gasteiger partial charge in [-0.25, -0.2) is 4.98 Å². The van der Waals surface area contributed by atoms with Crippen molar-refractivity contribution >= 4 is 38.8 Å². The van der Waals surface area contributed by atoms with Gasteiger partial charge in [-0.15, -0.1) is 11.3 Å². The molecule has 0 radical (unpaired) electrons. The molecule has 1 aromatic heterocycles. The van der Waals surface area contributed by atoms with Gasteiger partial charge in [0.2, 0.25) is 5.91 Å². The maximum absolute atomic E-state index is 12.3. The van der Waals surface area contributed by atoms with Crippen molar-refractivity contribution in [1.82, 2.24) is 4.98 Å². The molecule has 1 fully saturated rings. The second-order valence-electron chi connectivity index (χ2n) is 6.27. The third kappa shape index (κ3) is 4.03. The van der Waals surface area contributed by atoms with Crippen LogP contribution in [0.4, 0.5) is 11.4 Å². The van der Waals surface area contributed by atoms with Gasteiger partial charge in [0.05, 0.1) is 28.4 Å². The highest BCUT2D eigenvalue weighted by Crippen LogP contribution is 2.23. The molecule has 5 nitrogen and oxygen atoms in total. The SMILES string of the molecule is O=C(CCc1nc2ccccc2s1)Nc1cccc(N2CCOCC2)c1. The zero-order valence-corrected chi connectivity index (χ0v) is 15.3. The fraction of sp³-hybridized carbons (Fsp3) is 0.300. The Hall–Kier alpha value is -2.44. The highest BCUT2D eigenvalue weighted by Gasteiger charge is 2.12. The van der Waals surface area contributed by atoms with Crippen LogP contribution in [0.1, 0.15) is 11.4 Å². The number of amides is 1. The number of aryl methyl sites for hydroxylation is 1. The molecule has 1 amide bonds. The van der Waals surface area contributed by atoms with Crippen LogP contribution in [-0.4, -0.2) is 37.2 Å². The number of carbonyl (C=O) groups is 1. The van der Waals surface area contributed by atoms with E-state index in [0.29, 0.717) is 12.8 Å². The summed E-state index contributed by atoms with van der Waals surface area (Å²) >= 11 is 1.66. The molecule has 2 heterocycles. The average molecular weight is 367 g/mol. The molecule has 0 atom stereocenters. The first-order valence-corrected chi connectivity index (χ1v) is 9.67. The number of aromatic nitrogens is 1. The van der Waals surface area contributed by atoms with E-state index in [9.17, 15) is 4.79 Å². The molecular weight excluding hydrogens is 346 g/mol. The van der Waals surface area contributed by atoms with Crippen LogP contribution >= 0.6 is 11.3 Å². The number of fused-ring (bicyclic) bond motifs is 1. The van der Waals surface area contributed by atoms with E-state index < -0.39 is 0 Å². The summed E-state index contributed by atoms with van der Waals surface area (Å²) in [6.07, 6.45) is 1.09. The number of morpholine rings is 1. The third-order valence-corrected chi connectivity index (χ3v) is 5.51. The first-order valence-electron chi connectivity index (χ1n) is 8.85. The molecule has 1 aliphatic rings. The van der Waals surface area contributed by atoms with Gasteiger partial charge in [-0.3, -0.25) is 4.79 Å². The Morgan fingerprint density at radius 2 is 2.00 bits per heavy atom. The Bertz CT molecular complexity index is 870. The predicted molar refractivity (Wildman–Crippen MR) is 106 cm³/mol. The second-order valence-corrected chi connectivity index (χ2v) is 7.39. The zero-order chi connectivity index (χ0) is 17.8. The summed E-state index contributed by atoms with van der Waals surface area (Å²) in [6, 6.07) is 16.1. The van der Waals surface area contributed by atoms with Crippen molar-refractivity contribution in [3.8, 4) is 0 Å². The predicted octanol–water partition coefficient (Wildman–Crippen LogP) is 3.70.